The minimum atomic E-state index is -1.33. The van der Waals surface area contributed by atoms with Crippen LogP contribution < -0.4 is 16.1 Å². The Hall–Kier alpha value is -3.27. The summed E-state index contributed by atoms with van der Waals surface area (Å²) in [7, 11) is 0. The smallest absolute Gasteiger partial charge is 0.341 e. The Kier molecular flexibility index (Phi) is 4.31. The fraction of sp³-hybridized carbons (Fsp3) is 0.400. The van der Waals surface area contributed by atoms with E-state index in [2.05, 4.69) is 9.97 Å². The second-order valence-corrected chi connectivity index (χ2v) is 7.87. The molecule has 1 aliphatic heterocycles. The van der Waals surface area contributed by atoms with Gasteiger partial charge in [0.2, 0.25) is 11.3 Å². The lowest BCUT2D eigenvalue weighted by Crippen LogP contribution is -2.28. The number of carboxylic acid groups (broad SMARTS) is 1. The molecule has 10 heteroatoms. The summed E-state index contributed by atoms with van der Waals surface area (Å²) in [6.07, 6.45) is 6.77. The van der Waals surface area contributed by atoms with Crippen LogP contribution in [0.1, 0.15) is 47.6 Å². The standard InChI is InChI=1S/C20H20FN5O4/c21-14-7-12-16(27)13(20(28)29)9-26(11-1-2-11)17(12)24-18(14)25-5-3-10(8-25)15(22)19-23-4-6-30-19/h4,6-7,9-11,15H,1-3,5,8,22H2,(H,28,29). The highest BCUT2D eigenvalue weighted by atomic mass is 19.1. The first-order valence-electron chi connectivity index (χ1n) is 9.82. The average Bonchev–Trinajstić information content (AvgIpc) is 3.21. The van der Waals surface area contributed by atoms with E-state index in [-0.39, 0.29) is 28.7 Å². The maximum Gasteiger partial charge on any atom is 0.341 e. The van der Waals surface area contributed by atoms with Crippen molar-refractivity contribution in [3.8, 4) is 0 Å². The van der Waals surface area contributed by atoms with E-state index in [0.717, 1.165) is 25.3 Å². The summed E-state index contributed by atoms with van der Waals surface area (Å²) in [5.41, 5.74) is 5.46. The number of nitrogens with zero attached hydrogens (tertiary/aromatic N) is 4. The van der Waals surface area contributed by atoms with Gasteiger partial charge in [-0.2, -0.15) is 0 Å². The third-order valence-corrected chi connectivity index (χ3v) is 5.88. The molecule has 2 unspecified atom stereocenters. The van der Waals surface area contributed by atoms with Crippen LogP contribution >= 0.6 is 0 Å². The van der Waals surface area contributed by atoms with E-state index >= 15 is 0 Å². The van der Waals surface area contributed by atoms with Gasteiger partial charge in [-0.3, -0.25) is 4.79 Å². The molecule has 2 fully saturated rings. The SMILES string of the molecule is NC(c1ncco1)C1CCN(c2nc3c(cc2F)c(=O)c(C(=O)O)cn3C2CC2)C1. The molecule has 0 spiro atoms. The Morgan fingerprint density at radius 3 is 2.83 bits per heavy atom. The van der Waals surface area contributed by atoms with Crippen molar-refractivity contribution in [3.63, 3.8) is 0 Å². The molecule has 1 saturated heterocycles. The number of carbonyl (C=O) groups is 1. The number of halogens is 1. The first-order valence-corrected chi connectivity index (χ1v) is 9.82. The van der Waals surface area contributed by atoms with Gasteiger partial charge < -0.3 is 24.7 Å². The van der Waals surface area contributed by atoms with Crippen LogP contribution in [0.2, 0.25) is 0 Å². The second kappa shape index (κ2) is 6.91. The highest BCUT2D eigenvalue weighted by Gasteiger charge is 2.33. The number of anilines is 1. The summed E-state index contributed by atoms with van der Waals surface area (Å²) in [5, 5.41) is 9.33. The summed E-state index contributed by atoms with van der Waals surface area (Å²) in [6, 6.07) is 0.769. The molecule has 9 nitrogen and oxygen atoms in total. The molecule has 0 aromatic carbocycles. The Morgan fingerprint density at radius 2 is 2.17 bits per heavy atom. The number of aromatic nitrogens is 3. The van der Waals surface area contributed by atoms with Gasteiger partial charge in [0, 0.05) is 31.2 Å². The molecule has 30 heavy (non-hydrogen) atoms. The normalized spacial score (nSPS) is 20.1. The Labute approximate surface area is 169 Å². The molecule has 0 amide bonds. The van der Waals surface area contributed by atoms with Gasteiger partial charge in [0.15, 0.2) is 11.6 Å². The van der Waals surface area contributed by atoms with Gasteiger partial charge in [-0.1, -0.05) is 0 Å². The molecule has 4 heterocycles. The molecule has 3 N–H and O–H groups in total. The number of hydrogen-bond acceptors (Lipinski definition) is 7. The van der Waals surface area contributed by atoms with Gasteiger partial charge >= 0.3 is 5.97 Å². The number of oxazole rings is 1. The Balaban J connectivity index is 1.54. The number of fused-ring (bicyclic) bond motifs is 1. The second-order valence-electron chi connectivity index (χ2n) is 7.87. The molecular formula is C20H20FN5O4. The van der Waals surface area contributed by atoms with Crippen molar-refractivity contribution in [2.45, 2.75) is 31.3 Å². The zero-order chi connectivity index (χ0) is 21.0. The predicted octanol–water partition coefficient (Wildman–Crippen LogP) is 2.08. The van der Waals surface area contributed by atoms with Crippen LogP contribution in [0.25, 0.3) is 11.0 Å². The predicted molar refractivity (Wildman–Crippen MR) is 105 cm³/mol. The van der Waals surface area contributed by atoms with Gasteiger partial charge in [-0.25, -0.2) is 19.2 Å². The van der Waals surface area contributed by atoms with Gasteiger partial charge in [0.1, 0.15) is 17.5 Å². The van der Waals surface area contributed by atoms with Crippen molar-refractivity contribution in [1.29, 1.82) is 0 Å². The quantitative estimate of drug-likeness (QED) is 0.651. The molecule has 0 bridgehead atoms. The number of hydrogen-bond donors (Lipinski definition) is 2. The van der Waals surface area contributed by atoms with Crippen LogP contribution in [0.15, 0.2) is 33.9 Å². The van der Waals surface area contributed by atoms with E-state index in [1.165, 1.54) is 18.7 Å². The number of rotatable bonds is 5. The molecular weight excluding hydrogens is 393 g/mol. The summed E-state index contributed by atoms with van der Waals surface area (Å²) in [6.45, 7) is 1.02. The zero-order valence-corrected chi connectivity index (χ0v) is 16.0. The Bertz CT molecular complexity index is 1190. The number of nitrogens with two attached hydrogens (primary N) is 1. The summed E-state index contributed by atoms with van der Waals surface area (Å²) >= 11 is 0. The van der Waals surface area contributed by atoms with Gasteiger partial charge in [-0.15, -0.1) is 0 Å². The molecule has 3 aromatic heterocycles. The van der Waals surface area contributed by atoms with Crippen molar-refractivity contribution >= 4 is 22.8 Å². The van der Waals surface area contributed by atoms with Crippen molar-refractivity contribution in [3.05, 3.63) is 52.2 Å². The van der Waals surface area contributed by atoms with Crippen molar-refractivity contribution in [1.82, 2.24) is 14.5 Å². The van der Waals surface area contributed by atoms with Crippen molar-refractivity contribution in [2.24, 2.45) is 11.7 Å². The van der Waals surface area contributed by atoms with E-state index in [9.17, 15) is 19.1 Å². The fourth-order valence-corrected chi connectivity index (χ4v) is 4.12. The first kappa shape index (κ1) is 18.7. The molecule has 0 radical (unpaired) electrons. The molecule has 2 atom stereocenters. The van der Waals surface area contributed by atoms with Crippen LogP contribution in [-0.2, 0) is 0 Å². The van der Waals surface area contributed by atoms with Crippen molar-refractivity contribution < 1.29 is 18.7 Å². The monoisotopic (exact) mass is 413 g/mol. The molecule has 2 aliphatic rings. The highest BCUT2D eigenvalue weighted by molar-refractivity contribution is 5.92. The minimum Gasteiger partial charge on any atom is -0.477 e. The third-order valence-electron chi connectivity index (χ3n) is 5.88. The van der Waals surface area contributed by atoms with E-state index < -0.39 is 23.3 Å². The summed E-state index contributed by atoms with van der Waals surface area (Å²) in [4.78, 5) is 34.4. The molecule has 1 saturated carbocycles. The summed E-state index contributed by atoms with van der Waals surface area (Å²) in [5.74, 6) is -1.39. The number of aromatic carboxylic acids is 1. The lowest BCUT2D eigenvalue weighted by atomic mass is 10.00. The van der Waals surface area contributed by atoms with Gasteiger partial charge in [0.05, 0.1) is 17.6 Å². The summed E-state index contributed by atoms with van der Waals surface area (Å²) < 4.78 is 22.0. The average molecular weight is 413 g/mol. The topological polar surface area (TPSA) is 127 Å². The third kappa shape index (κ3) is 3.04. The maximum atomic E-state index is 15.0. The van der Waals surface area contributed by atoms with Crippen LogP contribution in [-0.4, -0.2) is 38.7 Å². The fourth-order valence-electron chi connectivity index (χ4n) is 4.12. The van der Waals surface area contributed by atoms with E-state index in [4.69, 9.17) is 10.2 Å². The largest absolute Gasteiger partial charge is 0.477 e. The van der Waals surface area contributed by atoms with Gasteiger partial charge in [0.25, 0.3) is 0 Å². The molecule has 3 aromatic rings. The molecule has 156 valence electrons. The first-order chi connectivity index (χ1) is 14.4. The van der Waals surface area contributed by atoms with Gasteiger partial charge in [-0.05, 0) is 25.3 Å². The number of carboxylic acids is 1. The van der Waals surface area contributed by atoms with Crippen LogP contribution in [0, 0.1) is 11.7 Å². The van der Waals surface area contributed by atoms with E-state index in [0.29, 0.717) is 24.6 Å². The van der Waals surface area contributed by atoms with E-state index in [1.807, 2.05) is 0 Å². The lowest BCUT2D eigenvalue weighted by molar-refractivity contribution is 0.0695. The van der Waals surface area contributed by atoms with Crippen molar-refractivity contribution in [2.75, 3.05) is 18.0 Å². The lowest BCUT2D eigenvalue weighted by Gasteiger charge is -2.21. The molecule has 5 rings (SSSR count). The van der Waals surface area contributed by atoms with Crippen LogP contribution in [0.5, 0.6) is 0 Å². The van der Waals surface area contributed by atoms with Crippen LogP contribution in [0.3, 0.4) is 0 Å². The maximum absolute atomic E-state index is 15.0. The number of pyridine rings is 2. The highest BCUT2D eigenvalue weighted by Crippen LogP contribution is 2.38. The Morgan fingerprint density at radius 1 is 1.37 bits per heavy atom. The van der Waals surface area contributed by atoms with Crippen LogP contribution in [0.4, 0.5) is 10.2 Å². The minimum absolute atomic E-state index is 0.0144. The van der Waals surface area contributed by atoms with E-state index in [1.54, 1.807) is 9.47 Å². The zero-order valence-electron chi connectivity index (χ0n) is 16.0. The molecule has 1 aliphatic carbocycles.